The maximum absolute atomic E-state index is 12.6. The van der Waals surface area contributed by atoms with Crippen LogP contribution in [0, 0.1) is 0 Å². The highest BCUT2D eigenvalue weighted by Gasteiger charge is 2.19. The van der Waals surface area contributed by atoms with Crippen molar-refractivity contribution in [1.82, 2.24) is 0 Å². The van der Waals surface area contributed by atoms with Gasteiger partial charge in [-0.15, -0.1) is 0 Å². The van der Waals surface area contributed by atoms with Crippen LogP contribution in [-0.2, 0) is 4.79 Å². The van der Waals surface area contributed by atoms with Crippen molar-refractivity contribution in [1.29, 1.82) is 0 Å². The minimum Gasteiger partial charge on any atom is -0.426 e. The summed E-state index contributed by atoms with van der Waals surface area (Å²) in [4.78, 5) is 25.8. The number of rotatable bonds is 5. The monoisotopic (exact) mass is 315 g/mol. The molecule has 1 amide bonds. The zero-order valence-electron chi connectivity index (χ0n) is 12.2. The predicted octanol–water partition coefficient (Wildman–Crippen LogP) is 3.19. The standard InChI is InChI=1S/C17H17NO3S/c1-18(13-7-3-2-4-8-13)17(20)14-9-5-6-10-15(14)21-16(19)11-12-22/h2-10,22H,11-12H2,1H3. The molecular formula is C17H17NO3S. The van der Waals surface area contributed by atoms with E-state index in [1.54, 1.807) is 31.3 Å². The van der Waals surface area contributed by atoms with E-state index in [-0.39, 0.29) is 18.1 Å². The second-order valence-corrected chi connectivity index (χ2v) is 5.09. The number of amides is 1. The summed E-state index contributed by atoms with van der Waals surface area (Å²) < 4.78 is 5.26. The zero-order valence-corrected chi connectivity index (χ0v) is 13.1. The molecule has 0 atom stereocenters. The third-order valence-electron chi connectivity index (χ3n) is 3.11. The van der Waals surface area contributed by atoms with E-state index < -0.39 is 5.97 Å². The lowest BCUT2D eigenvalue weighted by Gasteiger charge is -2.18. The Bertz CT molecular complexity index is 658. The van der Waals surface area contributed by atoms with Crippen LogP contribution in [0.1, 0.15) is 16.8 Å². The summed E-state index contributed by atoms with van der Waals surface area (Å²) in [6.07, 6.45) is 0.195. The highest BCUT2D eigenvalue weighted by Crippen LogP contribution is 2.22. The van der Waals surface area contributed by atoms with Gasteiger partial charge in [0.1, 0.15) is 5.75 Å². The molecule has 5 heteroatoms. The number of benzene rings is 2. The molecule has 0 bridgehead atoms. The Morgan fingerprint density at radius 3 is 2.36 bits per heavy atom. The van der Waals surface area contributed by atoms with E-state index in [0.29, 0.717) is 11.3 Å². The Morgan fingerprint density at radius 2 is 1.68 bits per heavy atom. The molecule has 22 heavy (non-hydrogen) atoms. The highest BCUT2D eigenvalue weighted by molar-refractivity contribution is 7.80. The summed E-state index contributed by atoms with van der Waals surface area (Å²) in [6.45, 7) is 0. The lowest BCUT2D eigenvalue weighted by Crippen LogP contribution is -2.27. The molecule has 0 N–H and O–H groups in total. The first kappa shape index (κ1) is 16.1. The van der Waals surface area contributed by atoms with Crippen LogP contribution >= 0.6 is 12.6 Å². The van der Waals surface area contributed by atoms with Crippen molar-refractivity contribution in [3.8, 4) is 5.75 Å². The van der Waals surface area contributed by atoms with Crippen molar-refractivity contribution >= 4 is 30.2 Å². The molecule has 0 spiro atoms. The van der Waals surface area contributed by atoms with Gasteiger partial charge in [0.2, 0.25) is 0 Å². The van der Waals surface area contributed by atoms with Crippen LogP contribution in [0.15, 0.2) is 54.6 Å². The Balaban J connectivity index is 2.24. The van der Waals surface area contributed by atoms with Gasteiger partial charge in [0.05, 0.1) is 12.0 Å². The van der Waals surface area contributed by atoms with E-state index in [0.717, 1.165) is 5.69 Å². The molecule has 2 aromatic carbocycles. The normalized spacial score (nSPS) is 10.1. The van der Waals surface area contributed by atoms with Crippen LogP contribution in [0.3, 0.4) is 0 Å². The summed E-state index contributed by atoms with van der Waals surface area (Å²) >= 11 is 4.00. The fourth-order valence-electron chi connectivity index (χ4n) is 1.95. The van der Waals surface area contributed by atoms with Gasteiger partial charge in [-0.2, -0.15) is 12.6 Å². The first-order valence-electron chi connectivity index (χ1n) is 6.87. The topological polar surface area (TPSA) is 46.6 Å². The van der Waals surface area contributed by atoms with Crippen LogP contribution in [0.2, 0.25) is 0 Å². The zero-order chi connectivity index (χ0) is 15.9. The lowest BCUT2D eigenvalue weighted by atomic mass is 10.1. The smallest absolute Gasteiger partial charge is 0.312 e. The van der Waals surface area contributed by atoms with Crippen LogP contribution in [0.5, 0.6) is 5.75 Å². The van der Waals surface area contributed by atoms with Crippen molar-refractivity contribution in [2.24, 2.45) is 0 Å². The number of ether oxygens (including phenoxy) is 1. The Hall–Kier alpha value is -2.27. The van der Waals surface area contributed by atoms with Gasteiger partial charge in [-0.1, -0.05) is 30.3 Å². The number of carbonyl (C=O) groups is 2. The Kier molecular flexibility index (Phi) is 5.61. The van der Waals surface area contributed by atoms with E-state index in [4.69, 9.17) is 4.74 Å². The fraction of sp³-hybridized carbons (Fsp3) is 0.176. The Morgan fingerprint density at radius 1 is 1.05 bits per heavy atom. The molecule has 0 fully saturated rings. The van der Waals surface area contributed by atoms with Crippen molar-refractivity contribution in [3.63, 3.8) is 0 Å². The summed E-state index contributed by atoms with van der Waals surface area (Å²) in [7, 11) is 1.68. The summed E-state index contributed by atoms with van der Waals surface area (Å²) in [5, 5.41) is 0. The van der Waals surface area contributed by atoms with Crippen molar-refractivity contribution in [2.45, 2.75) is 6.42 Å². The van der Waals surface area contributed by atoms with Crippen molar-refractivity contribution in [3.05, 3.63) is 60.2 Å². The van der Waals surface area contributed by atoms with E-state index >= 15 is 0 Å². The van der Waals surface area contributed by atoms with Gasteiger partial charge >= 0.3 is 5.97 Å². The molecule has 0 heterocycles. The summed E-state index contributed by atoms with van der Waals surface area (Å²) in [6, 6.07) is 16.0. The average Bonchev–Trinajstić information content (AvgIpc) is 2.55. The van der Waals surface area contributed by atoms with Gasteiger partial charge in [-0.05, 0) is 24.3 Å². The lowest BCUT2D eigenvalue weighted by molar-refractivity contribution is -0.133. The van der Waals surface area contributed by atoms with E-state index in [2.05, 4.69) is 12.6 Å². The first-order valence-corrected chi connectivity index (χ1v) is 7.50. The first-order chi connectivity index (χ1) is 10.6. The van der Waals surface area contributed by atoms with Crippen molar-refractivity contribution < 1.29 is 14.3 Å². The predicted molar refractivity (Wildman–Crippen MR) is 89.7 cm³/mol. The van der Waals surface area contributed by atoms with Gasteiger partial charge in [-0.25, -0.2) is 0 Å². The quantitative estimate of drug-likeness (QED) is 0.524. The molecule has 0 aliphatic rings. The molecule has 4 nitrogen and oxygen atoms in total. The van der Waals surface area contributed by atoms with Crippen LogP contribution in [0.25, 0.3) is 0 Å². The van der Waals surface area contributed by atoms with Gasteiger partial charge in [-0.3, -0.25) is 9.59 Å². The Labute approximate surface area is 135 Å². The number of hydrogen-bond donors (Lipinski definition) is 1. The molecule has 0 aromatic heterocycles. The number of hydrogen-bond acceptors (Lipinski definition) is 4. The second-order valence-electron chi connectivity index (χ2n) is 4.64. The minimum atomic E-state index is -0.405. The molecule has 0 saturated carbocycles. The number of thiol groups is 1. The van der Waals surface area contributed by atoms with Crippen LogP contribution in [-0.4, -0.2) is 24.7 Å². The summed E-state index contributed by atoms with van der Waals surface area (Å²) in [5.41, 5.74) is 1.12. The number of carbonyl (C=O) groups excluding carboxylic acids is 2. The maximum Gasteiger partial charge on any atom is 0.312 e. The third-order valence-corrected chi connectivity index (χ3v) is 3.33. The molecule has 0 aliphatic heterocycles. The minimum absolute atomic E-state index is 0.195. The molecule has 2 aromatic rings. The molecule has 0 unspecified atom stereocenters. The average molecular weight is 315 g/mol. The number of anilines is 1. The SMILES string of the molecule is CN(C(=O)c1ccccc1OC(=O)CCS)c1ccccc1. The van der Waals surface area contributed by atoms with Crippen molar-refractivity contribution in [2.75, 3.05) is 17.7 Å². The number of nitrogens with zero attached hydrogens (tertiary/aromatic N) is 1. The highest BCUT2D eigenvalue weighted by atomic mass is 32.1. The van der Waals surface area contributed by atoms with E-state index in [9.17, 15) is 9.59 Å². The summed E-state index contributed by atoms with van der Waals surface area (Å²) in [5.74, 6) is 0.0268. The van der Waals surface area contributed by atoms with Gasteiger partial charge < -0.3 is 9.64 Å². The molecule has 114 valence electrons. The van der Waals surface area contributed by atoms with Gasteiger partial charge in [0.15, 0.2) is 0 Å². The molecule has 0 saturated heterocycles. The van der Waals surface area contributed by atoms with E-state index in [1.807, 2.05) is 30.3 Å². The second kappa shape index (κ2) is 7.66. The van der Waals surface area contributed by atoms with E-state index in [1.165, 1.54) is 4.90 Å². The largest absolute Gasteiger partial charge is 0.426 e. The molecule has 0 radical (unpaired) electrons. The molecule has 0 aliphatic carbocycles. The number of esters is 1. The van der Waals surface area contributed by atoms with Crippen LogP contribution < -0.4 is 9.64 Å². The maximum atomic E-state index is 12.6. The van der Waals surface area contributed by atoms with Gasteiger partial charge in [0.25, 0.3) is 5.91 Å². The fourth-order valence-corrected chi connectivity index (χ4v) is 2.13. The molecule has 2 rings (SSSR count). The number of para-hydroxylation sites is 2. The van der Waals surface area contributed by atoms with Gasteiger partial charge in [0, 0.05) is 18.5 Å². The third kappa shape index (κ3) is 3.89. The molecular weight excluding hydrogens is 298 g/mol. The van der Waals surface area contributed by atoms with Crippen LogP contribution in [0.4, 0.5) is 5.69 Å².